The highest BCUT2D eigenvalue weighted by Gasteiger charge is 2.17. The average molecular weight is 465 g/mol. The molecule has 0 amide bonds. The molecule has 0 saturated carbocycles. The molecule has 9 heteroatoms. The highest BCUT2D eigenvalue weighted by atomic mass is 32.2. The average Bonchev–Trinajstić information content (AvgIpc) is 3.51. The van der Waals surface area contributed by atoms with Crippen molar-refractivity contribution in [1.29, 1.82) is 0 Å². The van der Waals surface area contributed by atoms with Crippen LogP contribution in [-0.4, -0.2) is 20.2 Å². The van der Waals surface area contributed by atoms with E-state index < -0.39 is 0 Å². The van der Waals surface area contributed by atoms with Crippen LogP contribution in [0.3, 0.4) is 0 Å². The topological polar surface area (TPSA) is 97.8 Å². The van der Waals surface area contributed by atoms with Gasteiger partial charge in [-0.1, -0.05) is 44.7 Å². The van der Waals surface area contributed by atoms with Gasteiger partial charge in [0.25, 0.3) is 10.8 Å². The maximum atomic E-state index is 12.7. The Hall–Kier alpha value is -3.17. The van der Waals surface area contributed by atoms with Gasteiger partial charge in [-0.25, -0.2) is 4.98 Å². The minimum absolute atomic E-state index is 0.0840. The van der Waals surface area contributed by atoms with Crippen LogP contribution in [-0.2, 0) is 11.2 Å². The van der Waals surface area contributed by atoms with Crippen LogP contribution in [0.1, 0.15) is 32.2 Å². The molecule has 0 aliphatic rings. The summed E-state index contributed by atoms with van der Waals surface area (Å²) in [5.74, 6) is 2.07. The second kappa shape index (κ2) is 8.07. The van der Waals surface area contributed by atoms with Crippen LogP contribution < -0.4 is 5.56 Å². The molecular formula is C23H20N4O3S2. The molecule has 0 bridgehead atoms. The third kappa shape index (κ3) is 4.01. The quantitative estimate of drug-likeness (QED) is 0.324. The number of fused-ring (bicyclic) bond motifs is 1. The Labute approximate surface area is 191 Å². The van der Waals surface area contributed by atoms with Gasteiger partial charge >= 0.3 is 0 Å². The maximum Gasteiger partial charge on any atom is 0.277 e. The van der Waals surface area contributed by atoms with Crippen LogP contribution in [0, 0.1) is 0 Å². The lowest BCUT2D eigenvalue weighted by Gasteiger charge is -2.18. The maximum absolute atomic E-state index is 12.7. The summed E-state index contributed by atoms with van der Waals surface area (Å²) in [5.41, 5.74) is 2.75. The van der Waals surface area contributed by atoms with Gasteiger partial charge in [0.1, 0.15) is 16.4 Å². The summed E-state index contributed by atoms with van der Waals surface area (Å²) in [6.45, 7) is 6.52. The third-order valence-corrected chi connectivity index (χ3v) is 6.72. The number of H-pyrrole nitrogens is 1. The second-order valence-corrected chi connectivity index (χ2v) is 10.1. The Morgan fingerprint density at radius 1 is 1.12 bits per heavy atom. The van der Waals surface area contributed by atoms with Gasteiger partial charge in [-0.15, -0.1) is 21.5 Å². The fraction of sp³-hybridized carbons (Fsp3) is 0.217. The first kappa shape index (κ1) is 20.7. The molecule has 162 valence electrons. The zero-order chi connectivity index (χ0) is 22.3. The summed E-state index contributed by atoms with van der Waals surface area (Å²) in [6.07, 6.45) is 1.59. The number of hydrogen-bond acceptors (Lipinski definition) is 8. The summed E-state index contributed by atoms with van der Waals surface area (Å²) in [5, 5.41) is 11.1. The van der Waals surface area contributed by atoms with Gasteiger partial charge in [-0.2, -0.15) is 0 Å². The lowest BCUT2D eigenvalue weighted by molar-refractivity contribution is 0.465. The molecular weight excluding hydrogens is 444 g/mol. The Bertz CT molecular complexity index is 1420. The molecule has 0 saturated heterocycles. The van der Waals surface area contributed by atoms with Gasteiger partial charge in [0.15, 0.2) is 0 Å². The van der Waals surface area contributed by atoms with E-state index in [4.69, 9.17) is 8.83 Å². The first-order valence-corrected chi connectivity index (χ1v) is 11.9. The van der Waals surface area contributed by atoms with E-state index in [1.165, 1.54) is 28.7 Å². The first-order valence-electron chi connectivity index (χ1n) is 10.00. The predicted octanol–water partition coefficient (Wildman–Crippen LogP) is 5.88. The molecule has 4 heterocycles. The van der Waals surface area contributed by atoms with Gasteiger partial charge in [-0.05, 0) is 35.2 Å². The number of benzene rings is 1. The summed E-state index contributed by atoms with van der Waals surface area (Å²) in [6, 6.07) is 11.8. The zero-order valence-electron chi connectivity index (χ0n) is 17.7. The SMILES string of the molecule is CC(C)(C)c1ccc(-c2nnc(SCc3nc4scc(-c5ccco5)c4c(=O)[nH]3)o2)cc1. The number of hydrogen-bond donors (Lipinski definition) is 1. The fourth-order valence-electron chi connectivity index (χ4n) is 3.30. The number of thiophene rings is 1. The molecule has 1 N–H and O–H groups in total. The van der Waals surface area contributed by atoms with Gasteiger partial charge in [0.05, 0.1) is 17.4 Å². The van der Waals surface area contributed by atoms with E-state index in [2.05, 4.69) is 53.1 Å². The number of furan rings is 1. The molecule has 1 aromatic carbocycles. The van der Waals surface area contributed by atoms with Crippen molar-refractivity contribution in [3.8, 4) is 22.8 Å². The summed E-state index contributed by atoms with van der Waals surface area (Å²) >= 11 is 2.75. The molecule has 0 aliphatic carbocycles. The van der Waals surface area contributed by atoms with Crippen molar-refractivity contribution in [3.05, 3.63) is 69.8 Å². The molecule has 0 unspecified atom stereocenters. The van der Waals surface area contributed by atoms with Crippen molar-refractivity contribution in [3.63, 3.8) is 0 Å². The number of nitrogens with zero attached hydrogens (tertiary/aromatic N) is 3. The number of aromatic nitrogens is 4. The minimum Gasteiger partial charge on any atom is -0.464 e. The van der Waals surface area contributed by atoms with Crippen molar-refractivity contribution in [2.24, 2.45) is 0 Å². The molecule has 4 aromatic heterocycles. The Morgan fingerprint density at radius 3 is 2.66 bits per heavy atom. The van der Waals surface area contributed by atoms with E-state index in [1.807, 2.05) is 23.6 Å². The zero-order valence-corrected chi connectivity index (χ0v) is 19.3. The molecule has 0 atom stereocenters. The monoisotopic (exact) mass is 464 g/mol. The summed E-state index contributed by atoms with van der Waals surface area (Å²) < 4.78 is 11.2. The molecule has 0 aliphatic heterocycles. The van der Waals surface area contributed by atoms with Crippen LogP contribution in [0.15, 0.2) is 66.9 Å². The standard InChI is InChI=1S/C23H20N4O3S2/c1-23(2,3)14-8-6-13(7-9-14)20-26-27-22(30-20)32-12-17-24-19(28)18-15(11-31-21(18)25-17)16-5-4-10-29-16/h4-11H,12H2,1-3H3,(H,24,25,28). The van der Waals surface area contributed by atoms with Crippen molar-refractivity contribution in [2.45, 2.75) is 37.2 Å². The van der Waals surface area contributed by atoms with E-state index >= 15 is 0 Å². The van der Waals surface area contributed by atoms with E-state index in [0.717, 1.165) is 11.1 Å². The van der Waals surface area contributed by atoms with Crippen molar-refractivity contribution in [1.82, 2.24) is 20.2 Å². The lowest BCUT2D eigenvalue weighted by Crippen LogP contribution is -2.10. The molecule has 32 heavy (non-hydrogen) atoms. The Balaban J connectivity index is 1.32. The summed E-state index contributed by atoms with van der Waals surface area (Å²) in [4.78, 5) is 20.8. The number of nitrogens with one attached hydrogen (secondary N) is 1. The normalized spacial score (nSPS) is 12.0. The molecule has 5 aromatic rings. The third-order valence-electron chi connectivity index (χ3n) is 5.02. The molecule has 0 fully saturated rings. The van der Waals surface area contributed by atoms with E-state index in [-0.39, 0.29) is 11.0 Å². The highest BCUT2D eigenvalue weighted by Crippen LogP contribution is 2.32. The Kier molecular flexibility index (Phi) is 5.22. The summed E-state index contributed by atoms with van der Waals surface area (Å²) in [7, 11) is 0. The number of rotatable bonds is 5. The first-order chi connectivity index (χ1) is 15.4. The predicted molar refractivity (Wildman–Crippen MR) is 126 cm³/mol. The van der Waals surface area contributed by atoms with Crippen LogP contribution in [0.5, 0.6) is 0 Å². The smallest absolute Gasteiger partial charge is 0.277 e. The minimum atomic E-state index is -0.191. The van der Waals surface area contributed by atoms with Gasteiger partial charge in [0.2, 0.25) is 5.89 Å². The largest absolute Gasteiger partial charge is 0.464 e. The molecule has 7 nitrogen and oxygen atoms in total. The van der Waals surface area contributed by atoms with Crippen molar-refractivity contribution < 1.29 is 8.83 Å². The number of thioether (sulfide) groups is 1. The molecule has 0 radical (unpaired) electrons. The lowest BCUT2D eigenvalue weighted by atomic mass is 9.87. The molecule has 0 spiro atoms. The van der Waals surface area contributed by atoms with Gasteiger partial charge in [-0.3, -0.25) is 4.79 Å². The highest BCUT2D eigenvalue weighted by molar-refractivity contribution is 7.98. The number of aromatic amines is 1. The Morgan fingerprint density at radius 2 is 1.94 bits per heavy atom. The van der Waals surface area contributed by atoms with Crippen molar-refractivity contribution >= 4 is 33.3 Å². The van der Waals surface area contributed by atoms with Gasteiger partial charge in [0, 0.05) is 16.5 Å². The van der Waals surface area contributed by atoms with Crippen LogP contribution in [0.2, 0.25) is 0 Å². The van der Waals surface area contributed by atoms with Crippen LogP contribution in [0.25, 0.3) is 33.0 Å². The second-order valence-electron chi connectivity index (χ2n) is 8.31. The van der Waals surface area contributed by atoms with Crippen molar-refractivity contribution in [2.75, 3.05) is 0 Å². The van der Waals surface area contributed by atoms with E-state index in [1.54, 1.807) is 12.3 Å². The van der Waals surface area contributed by atoms with Gasteiger partial charge < -0.3 is 13.8 Å². The van der Waals surface area contributed by atoms with Crippen LogP contribution in [0.4, 0.5) is 0 Å². The fourth-order valence-corrected chi connectivity index (χ4v) is 4.88. The molecule has 5 rings (SSSR count). The van der Waals surface area contributed by atoms with E-state index in [0.29, 0.717) is 38.7 Å². The van der Waals surface area contributed by atoms with Crippen LogP contribution >= 0.6 is 23.1 Å². The van der Waals surface area contributed by atoms with E-state index in [9.17, 15) is 4.79 Å².